The number of pyridine rings is 1. The minimum atomic E-state index is -0.629. The molecule has 0 N–H and O–H groups in total. The number of rotatable bonds is 2. The first kappa shape index (κ1) is 13.8. The van der Waals surface area contributed by atoms with Gasteiger partial charge in [0, 0.05) is 22.7 Å². The molecule has 0 bridgehead atoms. The Kier molecular flexibility index (Phi) is 3.47. The minimum absolute atomic E-state index is 0.0492. The van der Waals surface area contributed by atoms with Crippen molar-refractivity contribution < 1.29 is 13.5 Å². The van der Waals surface area contributed by atoms with E-state index in [1.54, 1.807) is 24.3 Å². The number of hydrogen-bond acceptors (Lipinski definition) is 2. The molecular formula is C16H10ClF2NO. The first-order valence-corrected chi connectivity index (χ1v) is 6.56. The van der Waals surface area contributed by atoms with Gasteiger partial charge in [0.1, 0.15) is 11.3 Å². The highest BCUT2D eigenvalue weighted by atomic mass is 35.5. The number of aromatic nitrogens is 1. The normalized spacial score (nSPS) is 10.9. The van der Waals surface area contributed by atoms with Crippen LogP contribution in [0.15, 0.2) is 42.6 Å². The zero-order valence-electron chi connectivity index (χ0n) is 11.0. The number of para-hydroxylation sites is 1. The zero-order valence-corrected chi connectivity index (χ0v) is 11.8. The third-order valence-electron chi connectivity index (χ3n) is 3.24. The number of benzene rings is 2. The summed E-state index contributed by atoms with van der Waals surface area (Å²) in [6.07, 6.45) is 1.47. The van der Waals surface area contributed by atoms with Crippen LogP contribution in [0.25, 0.3) is 22.0 Å². The van der Waals surface area contributed by atoms with Gasteiger partial charge in [-0.1, -0.05) is 23.7 Å². The zero-order chi connectivity index (χ0) is 15.0. The van der Waals surface area contributed by atoms with Crippen LogP contribution in [0.2, 0.25) is 5.02 Å². The number of nitrogens with zero attached hydrogens (tertiary/aromatic N) is 1. The first-order valence-electron chi connectivity index (χ1n) is 6.18. The van der Waals surface area contributed by atoms with Crippen molar-refractivity contribution in [2.45, 2.75) is 0 Å². The molecule has 0 aliphatic rings. The Morgan fingerprint density at radius 2 is 1.95 bits per heavy atom. The van der Waals surface area contributed by atoms with E-state index in [9.17, 15) is 8.78 Å². The summed E-state index contributed by atoms with van der Waals surface area (Å²) in [4.78, 5) is 4.08. The summed E-state index contributed by atoms with van der Waals surface area (Å²) in [5.74, 6) is -0.953. The lowest BCUT2D eigenvalue weighted by Crippen LogP contribution is -1.92. The smallest absolute Gasteiger partial charge is 0.184 e. The molecule has 21 heavy (non-hydrogen) atoms. The first-order chi connectivity index (χ1) is 10.1. The molecule has 0 aliphatic carbocycles. The number of hydrogen-bond donors (Lipinski definition) is 0. The SMILES string of the molecule is COc1ccc(-c2cnc3c(F)cccc3c2)c(Cl)c1F. The summed E-state index contributed by atoms with van der Waals surface area (Å²) in [6.45, 7) is 0. The average molecular weight is 306 g/mol. The van der Waals surface area contributed by atoms with Crippen LogP contribution in [-0.2, 0) is 0 Å². The van der Waals surface area contributed by atoms with E-state index < -0.39 is 11.6 Å². The minimum Gasteiger partial charge on any atom is -0.494 e. The molecule has 3 aromatic rings. The Labute approximate surface area is 125 Å². The van der Waals surface area contributed by atoms with E-state index in [1.165, 1.54) is 25.4 Å². The fourth-order valence-corrected chi connectivity index (χ4v) is 2.45. The van der Waals surface area contributed by atoms with Crippen molar-refractivity contribution in [2.24, 2.45) is 0 Å². The van der Waals surface area contributed by atoms with E-state index >= 15 is 0 Å². The third kappa shape index (κ3) is 2.32. The van der Waals surface area contributed by atoms with Crippen molar-refractivity contribution in [1.82, 2.24) is 4.98 Å². The molecule has 1 heterocycles. The molecule has 0 saturated carbocycles. The van der Waals surface area contributed by atoms with Crippen LogP contribution in [-0.4, -0.2) is 12.1 Å². The highest BCUT2D eigenvalue weighted by molar-refractivity contribution is 6.33. The summed E-state index contributed by atoms with van der Waals surface area (Å²) in [5.41, 5.74) is 1.36. The van der Waals surface area contributed by atoms with E-state index in [-0.39, 0.29) is 16.3 Å². The van der Waals surface area contributed by atoms with E-state index in [0.29, 0.717) is 16.5 Å². The van der Waals surface area contributed by atoms with Crippen molar-refractivity contribution >= 4 is 22.5 Å². The molecule has 2 nitrogen and oxygen atoms in total. The van der Waals surface area contributed by atoms with E-state index in [0.717, 1.165) is 0 Å². The molecule has 106 valence electrons. The highest BCUT2D eigenvalue weighted by Gasteiger charge is 2.14. The van der Waals surface area contributed by atoms with Crippen LogP contribution in [0, 0.1) is 11.6 Å². The van der Waals surface area contributed by atoms with Crippen molar-refractivity contribution in [3.63, 3.8) is 0 Å². The Balaban J connectivity index is 2.19. The summed E-state index contributed by atoms with van der Waals surface area (Å²) in [6, 6.07) is 9.54. The molecule has 0 saturated heterocycles. The molecule has 0 amide bonds. The molecule has 1 aromatic heterocycles. The predicted octanol–water partition coefficient (Wildman–Crippen LogP) is 4.84. The summed E-state index contributed by atoms with van der Waals surface area (Å²) in [7, 11) is 1.37. The van der Waals surface area contributed by atoms with Gasteiger partial charge in [0.15, 0.2) is 11.6 Å². The van der Waals surface area contributed by atoms with Crippen molar-refractivity contribution in [1.29, 1.82) is 0 Å². The largest absolute Gasteiger partial charge is 0.494 e. The van der Waals surface area contributed by atoms with Gasteiger partial charge in [-0.3, -0.25) is 4.98 Å². The molecule has 5 heteroatoms. The topological polar surface area (TPSA) is 22.1 Å². The van der Waals surface area contributed by atoms with Gasteiger partial charge in [-0.05, 0) is 24.3 Å². The van der Waals surface area contributed by atoms with Crippen LogP contribution in [0.4, 0.5) is 8.78 Å². The average Bonchev–Trinajstić information content (AvgIpc) is 2.50. The van der Waals surface area contributed by atoms with E-state index in [1.807, 2.05) is 0 Å². The Morgan fingerprint density at radius 3 is 2.71 bits per heavy atom. The molecule has 0 unspecified atom stereocenters. The quantitative estimate of drug-likeness (QED) is 0.675. The monoisotopic (exact) mass is 305 g/mol. The maximum absolute atomic E-state index is 14.0. The molecule has 0 atom stereocenters. The maximum Gasteiger partial charge on any atom is 0.184 e. The summed E-state index contributed by atoms with van der Waals surface area (Å²) in [5, 5.41) is 0.576. The Bertz CT molecular complexity index is 836. The molecule has 0 spiro atoms. The van der Waals surface area contributed by atoms with Crippen LogP contribution in [0.5, 0.6) is 5.75 Å². The van der Waals surface area contributed by atoms with Crippen molar-refractivity contribution in [3.05, 3.63) is 59.3 Å². The van der Waals surface area contributed by atoms with Gasteiger partial charge in [0.2, 0.25) is 0 Å². The van der Waals surface area contributed by atoms with Gasteiger partial charge < -0.3 is 4.74 Å². The van der Waals surface area contributed by atoms with Crippen molar-refractivity contribution in [2.75, 3.05) is 7.11 Å². The van der Waals surface area contributed by atoms with Crippen LogP contribution in [0.1, 0.15) is 0 Å². The number of methoxy groups -OCH3 is 1. The van der Waals surface area contributed by atoms with Gasteiger partial charge in [-0.15, -0.1) is 0 Å². The number of fused-ring (bicyclic) bond motifs is 1. The molecule has 0 aliphatic heterocycles. The van der Waals surface area contributed by atoms with Gasteiger partial charge in [0.05, 0.1) is 12.1 Å². The fraction of sp³-hybridized carbons (Fsp3) is 0.0625. The van der Waals surface area contributed by atoms with E-state index in [4.69, 9.17) is 16.3 Å². The molecule has 3 rings (SSSR count). The summed E-state index contributed by atoms with van der Waals surface area (Å²) >= 11 is 6.04. The maximum atomic E-state index is 14.0. The molecule has 0 radical (unpaired) electrons. The van der Waals surface area contributed by atoms with Gasteiger partial charge in [-0.25, -0.2) is 8.78 Å². The number of ether oxygens (including phenoxy) is 1. The van der Waals surface area contributed by atoms with Gasteiger partial charge in [0.25, 0.3) is 0 Å². The Morgan fingerprint density at radius 1 is 1.14 bits per heavy atom. The molecule has 2 aromatic carbocycles. The van der Waals surface area contributed by atoms with Crippen LogP contribution < -0.4 is 4.74 Å². The lowest BCUT2D eigenvalue weighted by atomic mass is 10.0. The second-order valence-electron chi connectivity index (χ2n) is 4.48. The lowest BCUT2D eigenvalue weighted by molar-refractivity contribution is 0.387. The second kappa shape index (κ2) is 5.30. The second-order valence-corrected chi connectivity index (χ2v) is 4.86. The molecular weight excluding hydrogens is 296 g/mol. The van der Waals surface area contributed by atoms with Crippen molar-refractivity contribution in [3.8, 4) is 16.9 Å². The van der Waals surface area contributed by atoms with Crippen LogP contribution in [0.3, 0.4) is 0 Å². The third-order valence-corrected chi connectivity index (χ3v) is 3.61. The van der Waals surface area contributed by atoms with Gasteiger partial charge >= 0.3 is 0 Å². The van der Waals surface area contributed by atoms with E-state index in [2.05, 4.69) is 4.98 Å². The Hall–Kier alpha value is -2.20. The van der Waals surface area contributed by atoms with Crippen LogP contribution >= 0.6 is 11.6 Å². The highest BCUT2D eigenvalue weighted by Crippen LogP contribution is 2.35. The number of halogens is 3. The standard InChI is InChI=1S/C16H10ClF2NO/c1-21-13-6-5-11(14(17)15(13)19)10-7-9-3-2-4-12(18)16(9)20-8-10/h2-8H,1H3. The summed E-state index contributed by atoms with van der Waals surface area (Å²) < 4.78 is 32.5. The lowest BCUT2D eigenvalue weighted by Gasteiger charge is -2.09. The van der Waals surface area contributed by atoms with Gasteiger partial charge in [-0.2, -0.15) is 0 Å². The fourth-order valence-electron chi connectivity index (χ4n) is 2.18. The predicted molar refractivity (Wildman–Crippen MR) is 78.7 cm³/mol. The molecule has 0 fully saturated rings.